The number of hydrogen-bond donors (Lipinski definition) is 0. The molecule has 7 heteroatoms. The quantitative estimate of drug-likeness (QED) is 0.339. The SMILES string of the molecule is CCC(C)N(CC(=O)N1CCc2sccc2C1COc1ccc(Cl)c(C)c1)C(=O)c1ccccc1C. The van der Waals surface area contributed by atoms with Crippen LogP contribution in [0.1, 0.15) is 58.2 Å². The van der Waals surface area contributed by atoms with Crippen molar-refractivity contribution in [2.45, 2.75) is 52.6 Å². The van der Waals surface area contributed by atoms with E-state index in [4.69, 9.17) is 16.3 Å². The van der Waals surface area contributed by atoms with Crippen molar-refractivity contribution in [3.05, 3.63) is 86.1 Å². The summed E-state index contributed by atoms with van der Waals surface area (Å²) in [6.45, 7) is 8.89. The van der Waals surface area contributed by atoms with Gasteiger partial charge in [-0.15, -0.1) is 11.3 Å². The molecule has 0 bridgehead atoms. The molecule has 1 aliphatic heterocycles. The van der Waals surface area contributed by atoms with Crippen LogP contribution < -0.4 is 4.74 Å². The van der Waals surface area contributed by atoms with E-state index in [1.54, 1.807) is 16.2 Å². The van der Waals surface area contributed by atoms with E-state index in [-0.39, 0.29) is 30.4 Å². The van der Waals surface area contributed by atoms with Crippen LogP contribution in [0.2, 0.25) is 5.02 Å². The number of thiophene rings is 1. The molecular weight excluding hydrogens is 492 g/mol. The molecule has 1 aromatic heterocycles. The molecule has 2 unspecified atom stereocenters. The largest absolute Gasteiger partial charge is 0.491 e. The van der Waals surface area contributed by atoms with Gasteiger partial charge in [-0.05, 0) is 86.0 Å². The Bertz CT molecular complexity index is 1240. The Morgan fingerprint density at radius 2 is 1.94 bits per heavy atom. The van der Waals surface area contributed by atoms with E-state index in [2.05, 4.69) is 11.4 Å². The molecule has 0 radical (unpaired) electrons. The molecule has 5 nitrogen and oxygen atoms in total. The highest BCUT2D eigenvalue weighted by atomic mass is 35.5. The maximum absolute atomic E-state index is 13.8. The Kier molecular flexibility index (Phi) is 8.37. The normalized spacial score (nSPS) is 15.8. The molecule has 0 aliphatic carbocycles. The monoisotopic (exact) mass is 524 g/mol. The number of fused-ring (bicyclic) bond motifs is 1. The molecule has 0 saturated carbocycles. The van der Waals surface area contributed by atoms with Crippen molar-refractivity contribution in [3.63, 3.8) is 0 Å². The fourth-order valence-corrected chi connectivity index (χ4v) is 5.65. The van der Waals surface area contributed by atoms with Crippen LogP contribution in [-0.2, 0) is 11.2 Å². The highest BCUT2D eigenvalue weighted by molar-refractivity contribution is 7.10. The molecule has 190 valence electrons. The summed E-state index contributed by atoms with van der Waals surface area (Å²) in [6, 6.07) is 15.0. The summed E-state index contributed by atoms with van der Waals surface area (Å²) in [4.78, 5) is 32.2. The predicted octanol–water partition coefficient (Wildman–Crippen LogP) is 6.46. The lowest BCUT2D eigenvalue weighted by atomic mass is 10.00. The third-order valence-electron chi connectivity index (χ3n) is 7.02. The summed E-state index contributed by atoms with van der Waals surface area (Å²) < 4.78 is 6.17. The minimum atomic E-state index is -0.212. The number of amides is 2. The van der Waals surface area contributed by atoms with Crippen LogP contribution in [0.5, 0.6) is 5.75 Å². The smallest absolute Gasteiger partial charge is 0.254 e. The van der Waals surface area contributed by atoms with Crippen LogP contribution in [0, 0.1) is 13.8 Å². The summed E-state index contributed by atoms with van der Waals surface area (Å²) in [5.74, 6) is 0.561. The van der Waals surface area contributed by atoms with Gasteiger partial charge in [0.25, 0.3) is 5.91 Å². The maximum Gasteiger partial charge on any atom is 0.254 e. The molecule has 0 fully saturated rings. The molecular formula is C29H33ClN2O3S. The molecule has 0 spiro atoms. The van der Waals surface area contributed by atoms with Gasteiger partial charge in [0.15, 0.2) is 0 Å². The first-order valence-corrected chi connectivity index (χ1v) is 13.7. The molecule has 2 heterocycles. The molecule has 2 atom stereocenters. The fourth-order valence-electron chi connectivity index (χ4n) is 4.61. The number of rotatable bonds is 8. The second kappa shape index (κ2) is 11.5. The molecule has 1 aliphatic rings. The number of halogens is 1. The van der Waals surface area contributed by atoms with Gasteiger partial charge < -0.3 is 14.5 Å². The lowest BCUT2D eigenvalue weighted by molar-refractivity contribution is -0.136. The first-order chi connectivity index (χ1) is 17.3. The van der Waals surface area contributed by atoms with Gasteiger partial charge in [-0.1, -0.05) is 36.7 Å². The third-order valence-corrected chi connectivity index (χ3v) is 8.44. The number of carbonyl (C=O) groups excluding carboxylic acids is 2. The first-order valence-electron chi connectivity index (χ1n) is 12.4. The van der Waals surface area contributed by atoms with Crippen molar-refractivity contribution in [1.29, 1.82) is 0 Å². The van der Waals surface area contributed by atoms with Gasteiger partial charge >= 0.3 is 0 Å². The van der Waals surface area contributed by atoms with E-state index in [1.165, 1.54) is 4.88 Å². The Morgan fingerprint density at radius 1 is 1.17 bits per heavy atom. The number of hydrogen-bond acceptors (Lipinski definition) is 4. The zero-order valence-electron chi connectivity index (χ0n) is 21.3. The average molecular weight is 525 g/mol. The minimum absolute atomic E-state index is 0.0399. The second-order valence-corrected chi connectivity index (χ2v) is 10.8. The van der Waals surface area contributed by atoms with Crippen LogP contribution in [0.15, 0.2) is 53.9 Å². The Labute approximate surface area is 222 Å². The molecule has 36 heavy (non-hydrogen) atoms. The van der Waals surface area contributed by atoms with Gasteiger partial charge in [-0.25, -0.2) is 0 Å². The van der Waals surface area contributed by atoms with E-state index in [1.807, 2.05) is 75.1 Å². The minimum Gasteiger partial charge on any atom is -0.491 e. The van der Waals surface area contributed by atoms with E-state index in [9.17, 15) is 9.59 Å². The van der Waals surface area contributed by atoms with Gasteiger partial charge in [0.05, 0.1) is 6.04 Å². The van der Waals surface area contributed by atoms with Crippen molar-refractivity contribution in [2.75, 3.05) is 19.7 Å². The Hall–Kier alpha value is -2.83. The first kappa shape index (κ1) is 26.2. The molecule has 2 aromatic carbocycles. The summed E-state index contributed by atoms with van der Waals surface area (Å²) in [5.41, 5.74) is 3.63. The number of benzene rings is 2. The predicted molar refractivity (Wildman–Crippen MR) is 146 cm³/mol. The van der Waals surface area contributed by atoms with Crippen LogP contribution >= 0.6 is 22.9 Å². The molecule has 4 rings (SSSR count). The van der Waals surface area contributed by atoms with Gasteiger partial charge in [-0.2, -0.15) is 0 Å². The van der Waals surface area contributed by atoms with Gasteiger partial charge in [0, 0.05) is 28.0 Å². The summed E-state index contributed by atoms with van der Waals surface area (Å²) in [5, 5.41) is 2.77. The third kappa shape index (κ3) is 5.60. The van der Waals surface area contributed by atoms with Gasteiger partial charge in [-0.3, -0.25) is 9.59 Å². The van der Waals surface area contributed by atoms with E-state index in [0.29, 0.717) is 23.7 Å². The van der Waals surface area contributed by atoms with Crippen molar-refractivity contribution < 1.29 is 14.3 Å². The second-order valence-electron chi connectivity index (χ2n) is 9.38. The molecule has 2 amide bonds. The van der Waals surface area contributed by atoms with Crippen LogP contribution in [0.25, 0.3) is 0 Å². The standard InChI is InChI=1S/C29H33ClN2O3S/c1-5-21(4)32(29(34)23-9-7-6-8-19(23)2)17-28(33)31-14-12-27-24(13-15-36-27)26(31)18-35-22-10-11-25(30)20(3)16-22/h6-11,13,15-16,21,26H,5,12,14,17-18H2,1-4H3. The zero-order chi connectivity index (χ0) is 25.8. The number of ether oxygens (including phenoxy) is 1. The number of nitrogens with zero attached hydrogens (tertiary/aromatic N) is 2. The van der Waals surface area contributed by atoms with E-state index < -0.39 is 0 Å². The molecule has 0 saturated heterocycles. The van der Waals surface area contributed by atoms with Crippen LogP contribution in [-0.4, -0.2) is 47.4 Å². The summed E-state index contributed by atoms with van der Waals surface area (Å²) in [6.07, 6.45) is 1.58. The fraction of sp³-hybridized carbons (Fsp3) is 0.379. The average Bonchev–Trinajstić information content (AvgIpc) is 3.36. The molecule has 3 aromatic rings. The van der Waals surface area contributed by atoms with E-state index in [0.717, 1.165) is 35.3 Å². The number of aryl methyl sites for hydroxylation is 2. The number of carbonyl (C=O) groups is 2. The van der Waals surface area contributed by atoms with Crippen molar-refractivity contribution in [2.24, 2.45) is 0 Å². The van der Waals surface area contributed by atoms with Crippen LogP contribution in [0.3, 0.4) is 0 Å². The van der Waals surface area contributed by atoms with E-state index >= 15 is 0 Å². The topological polar surface area (TPSA) is 49.9 Å². The Morgan fingerprint density at radius 3 is 2.67 bits per heavy atom. The van der Waals surface area contributed by atoms with Gasteiger partial charge in [0.2, 0.25) is 5.91 Å². The lowest BCUT2D eigenvalue weighted by Gasteiger charge is -2.38. The zero-order valence-corrected chi connectivity index (χ0v) is 22.9. The summed E-state index contributed by atoms with van der Waals surface area (Å²) >= 11 is 7.89. The highest BCUT2D eigenvalue weighted by Gasteiger charge is 2.34. The van der Waals surface area contributed by atoms with Crippen molar-refractivity contribution in [1.82, 2.24) is 9.80 Å². The highest BCUT2D eigenvalue weighted by Crippen LogP contribution is 2.34. The van der Waals surface area contributed by atoms with Gasteiger partial charge in [0.1, 0.15) is 18.9 Å². The lowest BCUT2D eigenvalue weighted by Crippen LogP contribution is -2.50. The summed E-state index contributed by atoms with van der Waals surface area (Å²) in [7, 11) is 0. The molecule has 0 N–H and O–H groups in total. The maximum atomic E-state index is 13.8. The Balaban J connectivity index is 1.56. The van der Waals surface area contributed by atoms with Crippen LogP contribution in [0.4, 0.5) is 0 Å². The van der Waals surface area contributed by atoms with Crippen molar-refractivity contribution in [3.8, 4) is 5.75 Å². The van der Waals surface area contributed by atoms with Crippen molar-refractivity contribution >= 4 is 34.8 Å².